The molecule has 1 fully saturated rings. The number of rotatable bonds is 4. The van der Waals surface area contributed by atoms with E-state index in [1.54, 1.807) is 36.4 Å². The molecule has 27 heavy (non-hydrogen) atoms. The minimum atomic E-state index is -1.27. The Hall–Kier alpha value is -2.67. The van der Waals surface area contributed by atoms with Crippen molar-refractivity contribution in [3.05, 3.63) is 69.5 Å². The van der Waals surface area contributed by atoms with E-state index in [9.17, 15) is 14.0 Å². The van der Waals surface area contributed by atoms with Crippen molar-refractivity contribution in [3.63, 3.8) is 0 Å². The summed E-state index contributed by atoms with van der Waals surface area (Å²) in [5.41, 5.74) is 0.848. The Morgan fingerprint density at radius 2 is 1.70 bits per heavy atom. The summed E-state index contributed by atoms with van der Waals surface area (Å²) in [6.45, 7) is 3.05. The van der Waals surface area contributed by atoms with Gasteiger partial charge in [0.15, 0.2) is 0 Å². The van der Waals surface area contributed by atoms with Gasteiger partial charge in [-0.2, -0.15) is 0 Å². The second kappa shape index (κ2) is 7.52. The quantitative estimate of drug-likeness (QED) is 0.405. The Kier molecular flexibility index (Phi) is 5.32. The highest BCUT2D eigenvalue weighted by Crippen LogP contribution is 2.25. The fourth-order valence-corrected chi connectivity index (χ4v) is 2.74. The molecule has 0 atom stereocenters. The number of halogens is 2. The monoisotopic (exact) mass is 434 g/mol. The topological polar surface area (TPSA) is 61.8 Å². The molecule has 2 aromatic carbocycles. The van der Waals surface area contributed by atoms with Crippen LogP contribution in [-0.4, -0.2) is 17.7 Å². The zero-order chi connectivity index (χ0) is 19.6. The number of benzene rings is 2. The average molecular weight is 435 g/mol. The molecule has 0 bridgehead atoms. The zero-order valence-electron chi connectivity index (χ0n) is 14.6. The van der Waals surface area contributed by atoms with Crippen LogP contribution in [0.1, 0.15) is 25.0 Å². The lowest BCUT2D eigenvalue weighted by Gasteiger charge is -2.29. The molecule has 3 rings (SSSR count). The molecular formula is C20H16BrFO5. The Morgan fingerprint density at radius 3 is 2.30 bits per heavy atom. The smallest absolute Gasteiger partial charge is 0.348 e. The first-order chi connectivity index (χ1) is 12.7. The summed E-state index contributed by atoms with van der Waals surface area (Å²) < 4.78 is 30.1. The number of ether oxygens (including phenoxy) is 3. The number of hydrogen-bond donors (Lipinski definition) is 0. The van der Waals surface area contributed by atoms with E-state index in [4.69, 9.17) is 14.2 Å². The SMILES string of the molecule is CC1(C)OC(=O)C(=Cc2ccc(OCc3ccc(Br)cc3F)cc2)C(=O)O1. The van der Waals surface area contributed by atoms with Crippen LogP contribution in [0.25, 0.3) is 6.08 Å². The molecule has 0 unspecified atom stereocenters. The second-order valence-corrected chi connectivity index (χ2v) is 7.25. The van der Waals surface area contributed by atoms with E-state index in [2.05, 4.69) is 15.9 Å². The van der Waals surface area contributed by atoms with E-state index in [1.807, 2.05) is 0 Å². The largest absolute Gasteiger partial charge is 0.489 e. The summed E-state index contributed by atoms with van der Waals surface area (Å²) in [6, 6.07) is 11.4. The van der Waals surface area contributed by atoms with Gasteiger partial charge in [0, 0.05) is 23.9 Å². The molecular weight excluding hydrogens is 419 g/mol. The third kappa shape index (κ3) is 4.74. The summed E-state index contributed by atoms with van der Waals surface area (Å²) in [4.78, 5) is 23.9. The minimum absolute atomic E-state index is 0.0767. The maximum absolute atomic E-state index is 13.8. The molecule has 0 aliphatic carbocycles. The molecule has 140 valence electrons. The first-order valence-corrected chi connectivity index (χ1v) is 8.88. The predicted molar refractivity (Wildman–Crippen MR) is 99.1 cm³/mol. The third-order valence-corrected chi connectivity index (χ3v) is 4.21. The Morgan fingerprint density at radius 1 is 1.07 bits per heavy atom. The van der Waals surface area contributed by atoms with Crippen molar-refractivity contribution >= 4 is 33.9 Å². The van der Waals surface area contributed by atoms with Crippen molar-refractivity contribution in [2.75, 3.05) is 0 Å². The van der Waals surface area contributed by atoms with Crippen LogP contribution < -0.4 is 4.74 Å². The summed E-state index contributed by atoms with van der Waals surface area (Å²) in [7, 11) is 0. The van der Waals surface area contributed by atoms with Gasteiger partial charge in [-0.05, 0) is 35.9 Å². The van der Waals surface area contributed by atoms with Crippen LogP contribution in [0.5, 0.6) is 5.75 Å². The molecule has 5 nitrogen and oxygen atoms in total. The predicted octanol–water partition coefficient (Wildman–Crippen LogP) is 4.39. The lowest BCUT2D eigenvalue weighted by Crippen LogP contribution is -2.41. The van der Waals surface area contributed by atoms with Crippen molar-refractivity contribution in [3.8, 4) is 5.75 Å². The van der Waals surface area contributed by atoms with E-state index in [0.29, 0.717) is 21.3 Å². The van der Waals surface area contributed by atoms with Crippen LogP contribution in [0, 0.1) is 5.82 Å². The molecule has 0 radical (unpaired) electrons. The number of carbonyl (C=O) groups excluding carboxylic acids is 2. The fraction of sp³-hybridized carbons (Fsp3) is 0.200. The highest BCUT2D eigenvalue weighted by molar-refractivity contribution is 9.10. The summed E-state index contributed by atoms with van der Waals surface area (Å²) >= 11 is 3.20. The van der Waals surface area contributed by atoms with E-state index in [1.165, 1.54) is 26.0 Å². The molecule has 0 spiro atoms. The van der Waals surface area contributed by atoms with Crippen LogP contribution in [0.2, 0.25) is 0 Å². The average Bonchev–Trinajstić information content (AvgIpc) is 2.58. The molecule has 0 aromatic heterocycles. The van der Waals surface area contributed by atoms with Gasteiger partial charge < -0.3 is 14.2 Å². The number of hydrogen-bond acceptors (Lipinski definition) is 5. The zero-order valence-corrected chi connectivity index (χ0v) is 16.2. The molecule has 1 aliphatic heterocycles. The molecule has 0 N–H and O–H groups in total. The number of carbonyl (C=O) groups is 2. The van der Waals surface area contributed by atoms with Gasteiger partial charge >= 0.3 is 11.9 Å². The summed E-state index contributed by atoms with van der Waals surface area (Å²) in [5, 5.41) is 0. The highest BCUT2D eigenvalue weighted by Gasteiger charge is 2.38. The van der Waals surface area contributed by atoms with E-state index in [-0.39, 0.29) is 18.0 Å². The normalized spacial score (nSPS) is 15.8. The van der Waals surface area contributed by atoms with Gasteiger partial charge in [0.1, 0.15) is 23.7 Å². The van der Waals surface area contributed by atoms with Crippen molar-refractivity contribution < 1.29 is 28.2 Å². The van der Waals surface area contributed by atoms with Crippen LogP contribution in [0.4, 0.5) is 4.39 Å². The van der Waals surface area contributed by atoms with Gasteiger partial charge in [0.05, 0.1) is 0 Å². The van der Waals surface area contributed by atoms with E-state index >= 15 is 0 Å². The Balaban J connectivity index is 1.68. The van der Waals surface area contributed by atoms with Gasteiger partial charge in [-0.15, -0.1) is 0 Å². The van der Waals surface area contributed by atoms with Crippen LogP contribution in [0.15, 0.2) is 52.5 Å². The lowest BCUT2D eigenvalue weighted by atomic mass is 10.1. The first kappa shape index (κ1) is 19.1. The van der Waals surface area contributed by atoms with Gasteiger partial charge in [-0.3, -0.25) is 0 Å². The van der Waals surface area contributed by atoms with E-state index < -0.39 is 17.7 Å². The maximum atomic E-state index is 13.8. The summed E-state index contributed by atoms with van der Waals surface area (Å²) in [6.07, 6.45) is 1.39. The van der Waals surface area contributed by atoms with Crippen LogP contribution in [-0.2, 0) is 25.7 Å². The maximum Gasteiger partial charge on any atom is 0.348 e. The van der Waals surface area contributed by atoms with Gasteiger partial charge in [0.25, 0.3) is 5.79 Å². The highest BCUT2D eigenvalue weighted by atomic mass is 79.9. The lowest BCUT2D eigenvalue weighted by molar-refractivity contribution is -0.222. The van der Waals surface area contributed by atoms with Gasteiger partial charge in [-0.1, -0.05) is 34.1 Å². The van der Waals surface area contributed by atoms with E-state index in [0.717, 1.165) is 0 Å². The first-order valence-electron chi connectivity index (χ1n) is 8.09. The van der Waals surface area contributed by atoms with Crippen molar-refractivity contribution in [1.29, 1.82) is 0 Å². The summed E-state index contributed by atoms with van der Waals surface area (Å²) in [5.74, 6) is -2.58. The molecule has 0 amide bonds. The molecule has 0 saturated carbocycles. The number of cyclic esters (lactones) is 2. The van der Waals surface area contributed by atoms with Crippen molar-refractivity contribution in [2.24, 2.45) is 0 Å². The Labute approximate surface area is 163 Å². The van der Waals surface area contributed by atoms with Crippen molar-refractivity contribution in [1.82, 2.24) is 0 Å². The third-order valence-electron chi connectivity index (χ3n) is 3.72. The molecule has 1 saturated heterocycles. The minimum Gasteiger partial charge on any atom is -0.489 e. The van der Waals surface area contributed by atoms with Crippen molar-refractivity contribution in [2.45, 2.75) is 26.2 Å². The fourth-order valence-electron chi connectivity index (χ4n) is 2.41. The molecule has 2 aromatic rings. The van der Waals surface area contributed by atoms with Gasteiger partial charge in [0.2, 0.25) is 0 Å². The van der Waals surface area contributed by atoms with Crippen LogP contribution in [0.3, 0.4) is 0 Å². The number of esters is 2. The van der Waals surface area contributed by atoms with Gasteiger partial charge in [-0.25, -0.2) is 14.0 Å². The molecule has 1 heterocycles. The molecule has 1 aliphatic rings. The molecule has 7 heteroatoms. The Bertz CT molecular complexity index is 896. The standard InChI is InChI=1S/C20H16BrFO5/c1-20(2)26-18(23)16(19(24)27-20)9-12-3-7-15(8-4-12)25-11-13-5-6-14(21)10-17(13)22/h3-10H,11H2,1-2H3. The second-order valence-electron chi connectivity index (χ2n) is 6.33. The van der Waals surface area contributed by atoms with Crippen LogP contribution >= 0.6 is 15.9 Å².